The van der Waals surface area contributed by atoms with Crippen molar-refractivity contribution in [2.24, 2.45) is 0 Å². The van der Waals surface area contributed by atoms with E-state index in [9.17, 15) is 0 Å². The first-order valence-corrected chi connectivity index (χ1v) is 5.83. The van der Waals surface area contributed by atoms with E-state index in [-0.39, 0.29) is 0 Å². The maximum absolute atomic E-state index is 3.47. The summed E-state index contributed by atoms with van der Waals surface area (Å²) in [6, 6.07) is 8.91. The normalized spacial score (nSPS) is 13.6. The molecule has 2 nitrogen and oxygen atoms in total. The molecule has 80 valence electrons. The van der Waals surface area contributed by atoms with Gasteiger partial charge < -0.3 is 4.98 Å². The molecule has 1 N–H and O–H groups in total. The molecule has 2 rings (SSSR count). The number of para-hydroxylation sites is 1. The van der Waals surface area contributed by atoms with Gasteiger partial charge in [0, 0.05) is 39.3 Å². The van der Waals surface area contributed by atoms with Crippen molar-refractivity contribution in [1.82, 2.24) is 8.91 Å². The molecule has 15 heavy (non-hydrogen) atoms. The first-order chi connectivity index (χ1) is 7.18. The van der Waals surface area contributed by atoms with E-state index in [0.29, 0.717) is 6.04 Å². The SMILES string of the molecule is CC(Cc1c[nH]c2ccccc12)N(C)Br. The molecule has 1 aromatic carbocycles. The minimum Gasteiger partial charge on any atom is -0.361 e. The van der Waals surface area contributed by atoms with Gasteiger partial charge in [0.2, 0.25) is 0 Å². The molecule has 0 aliphatic carbocycles. The third-order valence-corrected chi connectivity index (χ3v) is 3.50. The smallest absolute Gasteiger partial charge is 0.0456 e. The van der Waals surface area contributed by atoms with Crippen LogP contribution in [0.3, 0.4) is 0 Å². The number of H-pyrrole nitrogens is 1. The van der Waals surface area contributed by atoms with Gasteiger partial charge >= 0.3 is 0 Å². The number of nitrogens with one attached hydrogen (secondary N) is 1. The van der Waals surface area contributed by atoms with E-state index in [1.54, 1.807) is 0 Å². The van der Waals surface area contributed by atoms with E-state index in [2.05, 4.69) is 62.4 Å². The number of aromatic amines is 1. The van der Waals surface area contributed by atoms with E-state index in [1.807, 2.05) is 7.05 Å². The summed E-state index contributed by atoms with van der Waals surface area (Å²) in [5.41, 5.74) is 2.60. The van der Waals surface area contributed by atoms with Gasteiger partial charge in [0.1, 0.15) is 0 Å². The van der Waals surface area contributed by atoms with Crippen LogP contribution in [0.1, 0.15) is 12.5 Å². The molecule has 2 aromatic rings. The lowest BCUT2D eigenvalue weighted by Crippen LogP contribution is -2.21. The highest BCUT2D eigenvalue weighted by Crippen LogP contribution is 2.20. The number of fused-ring (bicyclic) bond motifs is 1. The number of likely N-dealkylation sites (N-methyl/N-ethyl adjacent to an activating group) is 1. The molecule has 0 saturated heterocycles. The van der Waals surface area contributed by atoms with Gasteiger partial charge in [-0.05, 0) is 32.0 Å². The quantitative estimate of drug-likeness (QED) is 0.845. The van der Waals surface area contributed by atoms with Crippen LogP contribution in [0.2, 0.25) is 0 Å². The second-order valence-corrected chi connectivity index (χ2v) is 5.06. The molecule has 1 unspecified atom stereocenters. The van der Waals surface area contributed by atoms with Gasteiger partial charge in [-0.15, -0.1) is 0 Å². The molecule has 3 heteroatoms. The van der Waals surface area contributed by atoms with E-state index in [0.717, 1.165) is 6.42 Å². The second-order valence-electron chi connectivity index (χ2n) is 3.94. The Kier molecular flexibility index (Phi) is 3.12. The number of hydrogen-bond acceptors (Lipinski definition) is 1. The molecule has 0 fully saturated rings. The number of aromatic nitrogens is 1. The van der Waals surface area contributed by atoms with E-state index >= 15 is 0 Å². The van der Waals surface area contributed by atoms with Crippen molar-refractivity contribution in [3.63, 3.8) is 0 Å². The Morgan fingerprint density at radius 2 is 2.13 bits per heavy atom. The van der Waals surface area contributed by atoms with Crippen LogP contribution in [-0.2, 0) is 6.42 Å². The third-order valence-electron chi connectivity index (χ3n) is 2.80. The van der Waals surface area contributed by atoms with E-state index in [4.69, 9.17) is 0 Å². The first kappa shape index (κ1) is 10.7. The molecule has 0 spiro atoms. The lowest BCUT2D eigenvalue weighted by Gasteiger charge is -2.16. The van der Waals surface area contributed by atoms with Crippen molar-refractivity contribution in [3.8, 4) is 0 Å². The molecule has 0 radical (unpaired) electrons. The molecule has 0 bridgehead atoms. The summed E-state index contributed by atoms with van der Waals surface area (Å²) >= 11 is 3.47. The molecule has 0 aliphatic rings. The summed E-state index contributed by atoms with van der Waals surface area (Å²) < 4.78 is 2.06. The van der Waals surface area contributed by atoms with Gasteiger partial charge in [0.25, 0.3) is 0 Å². The molecule has 1 heterocycles. The van der Waals surface area contributed by atoms with Crippen LogP contribution in [0.5, 0.6) is 0 Å². The fraction of sp³-hybridized carbons (Fsp3) is 0.333. The fourth-order valence-electron chi connectivity index (χ4n) is 1.74. The van der Waals surface area contributed by atoms with Crippen molar-refractivity contribution in [2.75, 3.05) is 7.05 Å². The number of rotatable bonds is 3. The van der Waals surface area contributed by atoms with Crippen LogP contribution < -0.4 is 0 Å². The van der Waals surface area contributed by atoms with Gasteiger partial charge in [-0.25, -0.2) is 3.93 Å². The zero-order valence-corrected chi connectivity index (χ0v) is 10.6. The highest BCUT2D eigenvalue weighted by Gasteiger charge is 2.10. The average Bonchev–Trinajstić information content (AvgIpc) is 2.62. The van der Waals surface area contributed by atoms with Crippen LogP contribution in [0.4, 0.5) is 0 Å². The maximum Gasteiger partial charge on any atom is 0.0456 e. The molecule has 0 aliphatic heterocycles. The molecular formula is C12H15BrN2. The Balaban J connectivity index is 2.29. The first-order valence-electron chi connectivity index (χ1n) is 5.12. The zero-order valence-electron chi connectivity index (χ0n) is 9.00. The number of nitrogens with zero attached hydrogens (tertiary/aromatic N) is 1. The summed E-state index contributed by atoms with van der Waals surface area (Å²) in [5.74, 6) is 0. The second kappa shape index (κ2) is 4.37. The van der Waals surface area contributed by atoms with Crippen molar-refractivity contribution < 1.29 is 0 Å². The van der Waals surface area contributed by atoms with Gasteiger partial charge in [-0.3, -0.25) is 0 Å². The van der Waals surface area contributed by atoms with Crippen molar-refractivity contribution >= 4 is 27.1 Å². The maximum atomic E-state index is 3.47. The minimum atomic E-state index is 0.490. The Morgan fingerprint density at radius 3 is 2.87 bits per heavy atom. The summed E-state index contributed by atoms with van der Waals surface area (Å²) in [7, 11) is 2.04. The van der Waals surface area contributed by atoms with Crippen molar-refractivity contribution in [3.05, 3.63) is 36.0 Å². The van der Waals surface area contributed by atoms with Gasteiger partial charge in [0.05, 0.1) is 0 Å². The Labute approximate surface area is 98.6 Å². The lowest BCUT2D eigenvalue weighted by atomic mass is 10.1. The highest BCUT2D eigenvalue weighted by molar-refractivity contribution is 9.07. The lowest BCUT2D eigenvalue weighted by molar-refractivity contribution is 0.449. The molecular weight excluding hydrogens is 252 g/mol. The standard InChI is InChI=1S/C12H15BrN2/c1-9(15(2)13)7-10-8-14-12-6-4-3-5-11(10)12/h3-6,8-9,14H,7H2,1-2H3. The van der Waals surface area contributed by atoms with Crippen molar-refractivity contribution in [2.45, 2.75) is 19.4 Å². The highest BCUT2D eigenvalue weighted by atomic mass is 79.9. The monoisotopic (exact) mass is 266 g/mol. The van der Waals surface area contributed by atoms with Crippen LogP contribution in [0, 0.1) is 0 Å². The summed E-state index contributed by atoms with van der Waals surface area (Å²) in [4.78, 5) is 3.30. The third kappa shape index (κ3) is 2.24. The number of halogens is 1. The van der Waals surface area contributed by atoms with Gasteiger partial charge in [0.15, 0.2) is 0 Å². The topological polar surface area (TPSA) is 19.0 Å². The Bertz CT molecular complexity index is 448. The zero-order chi connectivity index (χ0) is 10.8. The summed E-state index contributed by atoms with van der Waals surface area (Å²) in [5, 5.41) is 1.33. The molecule has 1 aromatic heterocycles. The average molecular weight is 267 g/mol. The van der Waals surface area contributed by atoms with Crippen LogP contribution in [-0.4, -0.2) is 22.0 Å². The predicted molar refractivity (Wildman–Crippen MR) is 68.2 cm³/mol. The van der Waals surface area contributed by atoms with Crippen LogP contribution in [0.25, 0.3) is 10.9 Å². The van der Waals surface area contributed by atoms with Crippen LogP contribution in [0.15, 0.2) is 30.5 Å². The largest absolute Gasteiger partial charge is 0.361 e. The summed E-state index contributed by atoms with van der Waals surface area (Å²) in [6.45, 7) is 2.20. The predicted octanol–water partition coefficient (Wildman–Crippen LogP) is 3.34. The van der Waals surface area contributed by atoms with Gasteiger partial charge in [-0.2, -0.15) is 0 Å². The fourth-order valence-corrected chi connectivity index (χ4v) is 1.89. The summed E-state index contributed by atoms with van der Waals surface area (Å²) in [6.07, 6.45) is 3.16. The number of benzene rings is 1. The van der Waals surface area contributed by atoms with E-state index < -0.39 is 0 Å². The van der Waals surface area contributed by atoms with E-state index in [1.165, 1.54) is 16.5 Å². The molecule has 0 saturated carbocycles. The van der Waals surface area contributed by atoms with Crippen molar-refractivity contribution in [1.29, 1.82) is 0 Å². The molecule has 0 amide bonds. The van der Waals surface area contributed by atoms with Gasteiger partial charge in [-0.1, -0.05) is 18.2 Å². The Hall–Kier alpha value is -0.800. The number of hydrogen-bond donors (Lipinski definition) is 1. The van der Waals surface area contributed by atoms with Crippen LogP contribution >= 0.6 is 16.1 Å². The minimum absolute atomic E-state index is 0.490. The Morgan fingerprint density at radius 1 is 1.40 bits per heavy atom. The molecule has 1 atom stereocenters.